The van der Waals surface area contributed by atoms with Crippen molar-refractivity contribution in [3.63, 3.8) is 0 Å². The second-order valence-electron chi connectivity index (χ2n) is 8.22. The van der Waals surface area contributed by atoms with Crippen LogP contribution in [0.1, 0.15) is 0 Å². The maximum Gasteiger partial charge on any atom is 0.226 e. The van der Waals surface area contributed by atoms with E-state index in [1.807, 2.05) is 54.6 Å². The minimum absolute atomic E-state index is 0.154. The zero-order chi connectivity index (χ0) is 22.6. The van der Waals surface area contributed by atoms with Crippen LogP contribution in [0, 0.1) is 0 Å². The normalized spacial score (nSPS) is 11.7. The summed E-state index contributed by atoms with van der Waals surface area (Å²) in [6.45, 7) is 0. The van der Waals surface area contributed by atoms with Crippen molar-refractivity contribution in [1.82, 2.24) is 15.0 Å². The Morgan fingerprint density at radius 2 is 1.24 bits per heavy atom. The zero-order valence-corrected chi connectivity index (χ0v) is 18.6. The van der Waals surface area contributed by atoms with E-state index in [-0.39, 0.29) is 5.28 Å². The third-order valence-electron chi connectivity index (χ3n) is 6.25. The molecule has 5 heteroatoms. The lowest BCUT2D eigenvalue weighted by Gasteiger charge is -2.11. The number of para-hydroxylation sites is 1. The Kier molecular flexibility index (Phi) is 4.16. The van der Waals surface area contributed by atoms with Gasteiger partial charge in [0.25, 0.3) is 0 Å². The van der Waals surface area contributed by atoms with Crippen LogP contribution in [0.15, 0.2) is 101 Å². The van der Waals surface area contributed by atoms with Gasteiger partial charge >= 0.3 is 0 Å². The third kappa shape index (κ3) is 2.89. The highest BCUT2D eigenvalue weighted by molar-refractivity contribution is 6.28. The van der Waals surface area contributed by atoms with Gasteiger partial charge in [0, 0.05) is 21.9 Å². The summed E-state index contributed by atoms with van der Waals surface area (Å²) >= 11 is 6.51. The summed E-state index contributed by atoms with van der Waals surface area (Å²) in [5.74, 6) is 1.07. The Labute approximate surface area is 199 Å². The Morgan fingerprint density at radius 3 is 2.12 bits per heavy atom. The topological polar surface area (TPSA) is 51.8 Å². The maximum atomic E-state index is 6.51. The summed E-state index contributed by atoms with van der Waals surface area (Å²) in [6.07, 6.45) is 0. The average molecular weight is 458 g/mol. The van der Waals surface area contributed by atoms with Crippen LogP contribution in [-0.4, -0.2) is 15.0 Å². The minimum atomic E-state index is 0.154. The molecule has 0 atom stereocenters. The number of rotatable bonds is 2. The van der Waals surface area contributed by atoms with Gasteiger partial charge < -0.3 is 4.42 Å². The van der Waals surface area contributed by atoms with Crippen LogP contribution in [-0.2, 0) is 0 Å². The fraction of sp³-hybridized carbons (Fsp3) is 0. The van der Waals surface area contributed by atoms with E-state index in [4.69, 9.17) is 21.0 Å². The quantitative estimate of drug-likeness (QED) is 0.263. The predicted molar refractivity (Wildman–Crippen MR) is 138 cm³/mol. The Bertz CT molecular complexity index is 1890. The number of nitrogens with zero attached hydrogens (tertiary/aromatic N) is 3. The van der Waals surface area contributed by atoms with E-state index in [9.17, 15) is 0 Å². The van der Waals surface area contributed by atoms with Crippen molar-refractivity contribution in [3.8, 4) is 22.8 Å². The smallest absolute Gasteiger partial charge is 0.226 e. The first kappa shape index (κ1) is 19.2. The van der Waals surface area contributed by atoms with Gasteiger partial charge in [0.2, 0.25) is 5.28 Å². The van der Waals surface area contributed by atoms with Crippen molar-refractivity contribution in [2.24, 2.45) is 0 Å². The summed E-state index contributed by atoms with van der Waals surface area (Å²) in [7, 11) is 0. The van der Waals surface area contributed by atoms with Gasteiger partial charge in [-0.1, -0.05) is 84.9 Å². The molecule has 0 N–H and O–H groups in total. The Morgan fingerprint density at radius 1 is 0.559 bits per heavy atom. The molecule has 0 spiro atoms. The van der Waals surface area contributed by atoms with Crippen molar-refractivity contribution in [1.29, 1.82) is 0 Å². The van der Waals surface area contributed by atoms with Crippen LogP contribution in [0.5, 0.6) is 0 Å². The molecule has 0 saturated heterocycles. The second-order valence-corrected chi connectivity index (χ2v) is 8.56. The van der Waals surface area contributed by atoms with Crippen LogP contribution in [0.2, 0.25) is 5.28 Å². The number of fused-ring (bicyclic) bond motifs is 5. The molecule has 7 rings (SSSR count). The van der Waals surface area contributed by atoms with Gasteiger partial charge in [-0.25, -0.2) is 4.98 Å². The first-order chi connectivity index (χ1) is 16.8. The fourth-order valence-corrected chi connectivity index (χ4v) is 4.95. The van der Waals surface area contributed by atoms with Crippen LogP contribution in [0.3, 0.4) is 0 Å². The molecule has 0 aliphatic heterocycles. The lowest BCUT2D eigenvalue weighted by molar-refractivity contribution is 0.669. The van der Waals surface area contributed by atoms with Crippen LogP contribution in [0.4, 0.5) is 0 Å². The molecular formula is C29H16ClN3O. The van der Waals surface area contributed by atoms with E-state index in [1.54, 1.807) is 0 Å². The lowest BCUT2D eigenvalue weighted by atomic mass is 9.98. The fourth-order valence-electron chi connectivity index (χ4n) is 4.79. The van der Waals surface area contributed by atoms with E-state index < -0.39 is 0 Å². The number of hydrogen-bond donors (Lipinski definition) is 0. The molecule has 0 fully saturated rings. The molecule has 0 aliphatic carbocycles. The monoisotopic (exact) mass is 457 g/mol. The molecule has 0 radical (unpaired) electrons. The Hall–Kier alpha value is -4.28. The highest BCUT2D eigenvalue weighted by atomic mass is 35.5. The predicted octanol–water partition coefficient (Wildman–Crippen LogP) is 8.06. The standard InChI is InChI=1S/C29H16ClN3O/c30-29-32-27(21-14-7-10-17-8-1-3-11-19(17)21)31-28(33-29)26-20-12-4-2-9-18(20)16-24-25(26)22-13-5-6-15-23(22)34-24/h1-16H. The molecule has 0 saturated carbocycles. The first-order valence-corrected chi connectivity index (χ1v) is 11.4. The van der Waals surface area contributed by atoms with Gasteiger partial charge in [0.05, 0.1) is 0 Å². The molecule has 34 heavy (non-hydrogen) atoms. The average Bonchev–Trinajstić information content (AvgIpc) is 3.24. The number of aromatic nitrogens is 3. The van der Waals surface area contributed by atoms with Gasteiger partial charge in [0.1, 0.15) is 11.2 Å². The van der Waals surface area contributed by atoms with Gasteiger partial charge in [-0.3, -0.25) is 0 Å². The highest BCUT2D eigenvalue weighted by Gasteiger charge is 2.20. The second kappa shape index (κ2) is 7.37. The lowest BCUT2D eigenvalue weighted by Crippen LogP contribution is -1.99. The summed E-state index contributed by atoms with van der Waals surface area (Å²) in [4.78, 5) is 14.1. The summed E-state index contributed by atoms with van der Waals surface area (Å²) in [5.41, 5.74) is 3.42. The Balaban J connectivity index is 1.60. The summed E-state index contributed by atoms with van der Waals surface area (Å²) in [5, 5.41) is 6.41. The first-order valence-electron chi connectivity index (χ1n) is 11.0. The van der Waals surface area contributed by atoms with E-state index in [1.165, 1.54) is 0 Å². The van der Waals surface area contributed by atoms with Gasteiger partial charge in [-0.05, 0) is 45.3 Å². The minimum Gasteiger partial charge on any atom is -0.456 e. The molecular weight excluding hydrogens is 442 g/mol. The molecule has 2 heterocycles. The van der Waals surface area contributed by atoms with E-state index >= 15 is 0 Å². The number of benzene rings is 5. The van der Waals surface area contributed by atoms with Crippen LogP contribution < -0.4 is 0 Å². The van der Waals surface area contributed by atoms with Gasteiger partial charge in [0.15, 0.2) is 11.6 Å². The van der Waals surface area contributed by atoms with E-state index in [0.717, 1.165) is 54.6 Å². The van der Waals surface area contributed by atoms with Gasteiger partial charge in [-0.15, -0.1) is 0 Å². The summed E-state index contributed by atoms with van der Waals surface area (Å²) < 4.78 is 6.22. The molecule has 7 aromatic rings. The summed E-state index contributed by atoms with van der Waals surface area (Å²) in [6, 6.07) is 32.6. The van der Waals surface area contributed by atoms with Crippen molar-refractivity contribution in [3.05, 3.63) is 102 Å². The van der Waals surface area contributed by atoms with Crippen molar-refractivity contribution in [2.45, 2.75) is 0 Å². The largest absolute Gasteiger partial charge is 0.456 e. The number of halogens is 1. The molecule has 0 unspecified atom stereocenters. The molecule has 160 valence electrons. The molecule has 0 amide bonds. The number of hydrogen-bond acceptors (Lipinski definition) is 4. The SMILES string of the molecule is Clc1nc(-c2cccc3ccccc23)nc(-c2c3ccccc3cc3oc4ccccc4c23)n1. The van der Waals surface area contributed by atoms with Crippen molar-refractivity contribution >= 4 is 55.1 Å². The molecule has 0 aliphatic rings. The van der Waals surface area contributed by atoms with E-state index in [2.05, 4.69) is 52.4 Å². The maximum absolute atomic E-state index is 6.51. The zero-order valence-electron chi connectivity index (χ0n) is 17.9. The molecule has 0 bridgehead atoms. The molecule has 4 nitrogen and oxygen atoms in total. The van der Waals surface area contributed by atoms with Crippen molar-refractivity contribution in [2.75, 3.05) is 0 Å². The third-order valence-corrected chi connectivity index (χ3v) is 6.42. The van der Waals surface area contributed by atoms with Crippen LogP contribution in [0.25, 0.3) is 66.3 Å². The number of furan rings is 1. The molecule has 2 aromatic heterocycles. The molecule has 5 aromatic carbocycles. The van der Waals surface area contributed by atoms with Crippen LogP contribution >= 0.6 is 11.6 Å². The van der Waals surface area contributed by atoms with E-state index in [0.29, 0.717) is 11.6 Å². The highest BCUT2D eigenvalue weighted by Crippen LogP contribution is 2.41. The van der Waals surface area contributed by atoms with Gasteiger partial charge in [-0.2, -0.15) is 9.97 Å². The van der Waals surface area contributed by atoms with Crippen molar-refractivity contribution < 1.29 is 4.42 Å².